The minimum Gasteiger partial charge on any atom is -0.480 e. The van der Waals surface area contributed by atoms with Crippen LogP contribution in [-0.2, 0) is 4.79 Å². The maximum Gasteiger partial charge on any atom is 0.328 e. The van der Waals surface area contributed by atoms with E-state index in [0.717, 1.165) is 16.6 Å². The second kappa shape index (κ2) is 4.59. The van der Waals surface area contributed by atoms with E-state index in [4.69, 9.17) is 5.11 Å². The van der Waals surface area contributed by atoms with E-state index in [2.05, 4.69) is 21.0 Å². The largest absolute Gasteiger partial charge is 0.480 e. The molecule has 0 radical (unpaired) electrons. The molecule has 0 aliphatic carbocycles. The second-order valence-corrected chi connectivity index (χ2v) is 4.04. The minimum atomic E-state index is -0.832. The van der Waals surface area contributed by atoms with Gasteiger partial charge in [-0.2, -0.15) is 5.10 Å². The summed E-state index contributed by atoms with van der Waals surface area (Å²) in [5.41, 5.74) is 0.812. The van der Waals surface area contributed by atoms with Gasteiger partial charge >= 0.3 is 5.97 Å². The molecule has 0 bridgehead atoms. The van der Waals surface area contributed by atoms with Gasteiger partial charge < -0.3 is 5.11 Å². The van der Waals surface area contributed by atoms with Gasteiger partial charge in [-0.05, 0) is 29.3 Å². The quantitative estimate of drug-likeness (QED) is 0.905. The summed E-state index contributed by atoms with van der Waals surface area (Å²) in [6.45, 7) is 3.80. The summed E-state index contributed by atoms with van der Waals surface area (Å²) in [7, 11) is 0. The van der Waals surface area contributed by atoms with Crippen LogP contribution in [0, 0.1) is 6.92 Å². The number of rotatable bonds is 4. The minimum absolute atomic E-state index is 0.551. The highest BCUT2D eigenvalue weighted by Gasteiger charge is 2.19. The molecule has 1 atom stereocenters. The molecule has 0 saturated carbocycles. The Morgan fingerprint density at radius 1 is 1.79 bits per heavy atom. The van der Waals surface area contributed by atoms with Gasteiger partial charge in [-0.25, -0.2) is 4.79 Å². The van der Waals surface area contributed by atoms with Gasteiger partial charge in [0.05, 0.1) is 10.2 Å². The van der Waals surface area contributed by atoms with Crippen LogP contribution in [0.15, 0.2) is 10.7 Å². The number of carbonyl (C=O) groups is 1. The summed E-state index contributed by atoms with van der Waals surface area (Å²) in [5.74, 6) is -0.832. The number of aliphatic carboxylic acids is 1. The first kappa shape index (κ1) is 11.2. The van der Waals surface area contributed by atoms with Gasteiger partial charge in [-0.15, -0.1) is 0 Å². The average molecular weight is 261 g/mol. The van der Waals surface area contributed by atoms with Gasteiger partial charge in [-0.1, -0.05) is 13.3 Å². The molecule has 0 aromatic carbocycles. The van der Waals surface area contributed by atoms with E-state index in [0.29, 0.717) is 6.42 Å². The van der Waals surface area contributed by atoms with Crippen LogP contribution in [0.1, 0.15) is 31.5 Å². The average Bonchev–Trinajstić information content (AvgIpc) is 2.42. The predicted molar refractivity (Wildman–Crippen MR) is 56.2 cm³/mol. The molecule has 78 valence electrons. The van der Waals surface area contributed by atoms with Crippen LogP contribution < -0.4 is 0 Å². The Hall–Kier alpha value is -0.840. The molecule has 0 spiro atoms. The molecule has 1 aromatic rings. The Kier molecular flexibility index (Phi) is 3.69. The molecule has 0 aliphatic rings. The van der Waals surface area contributed by atoms with E-state index < -0.39 is 12.0 Å². The van der Waals surface area contributed by atoms with Crippen molar-refractivity contribution in [1.29, 1.82) is 0 Å². The lowest BCUT2D eigenvalue weighted by molar-refractivity contribution is -0.141. The molecule has 1 aromatic heterocycles. The van der Waals surface area contributed by atoms with Crippen molar-refractivity contribution in [2.45, 2.75) is 32.7 Å². The van der Waals surface area contributed by atoms with E-state index in [1.54, 1.807) is 6.20 Å². The molecule has 5 heteroatoms. The number of carboxylic acids is 1. The first-order valence-electron chi connectivity index (χ1n) is 4.50. The van der Waals surface area contributed by atoms with E-state index in [9.17, 15) is 4.79 Å². The molecule has 0 aliphatic heterocycles. The Morgan fingerprint density at radius 3 is 2.79 bits per heavy atom. The Balaban J connectivity index is 2.93. The third-order valence-electron chi connectivity index (χ3n) is 2.02. The monoisotopic (exact) mass is 260 g/mol. The number of aryl methyl sites for hydroxylation is 1. The van der Waals surface area contributed by atoms with Crippen molar-refractivity contribution in [3.05, 3.63) is 16.4 Å². The van der Waals surface area contributed by atoms with Gasteiger partial charge in [0.25, 0.3) is 0 Å². The summed E-state index contributed by atoms with van der Waals surface area (Å²) in [6.07, 6.45) is 3.14. The Bertz CT molecular complexity index is 316. The van der Waals surface area contributed by atoms with E-state index in [1.807, 2.05) is 13.8 Å². The first-order chi connectivity index (χ1) is 6.56. The molecule has 1 heterocycles. The molecular formula is C9H13BrN2O2. The van der Waals surface area contributed by atoms with E-state index in [-0.39, 0.29) is 0 Å². The molecule has 1 rings (SSSR count). The fourth-order valence-electron chi connectivity index (χ4n) is 1.26. The number of hydrogen-bond donors (Lipinski definition) is 1. The van der Waals surface area contributed by atoms with Crippen LogP contribution in [0.5, 0.6) is 0 Å². The highest BCUT2D eigenvalue weighted by atomic mass is 79.9. The smallest absolute Gasteiger partial charge is 0.328 e. The third kappa shape index (κ3) is 2.35. The predicted octanol–water partition coefficient (Wildman–Crippen LogP) is 2.38. The molecule has 14 heavy (non-hydrogen) atoms. The van der Waals surface area contributed by atoms with Crippen LogP contribution in [0.3, 0.4) is 0 Å². The molecule has 1 unspecified atom stereocenters. The van der Waals surface area contributed by atoms with Crippen molar-refractivity contribution in [3.8, 4) is 0 Å². The molecule has 0 saturated heterocycles. The maximum absolute atomic E-state index is 10.9. The third-order valence-corrected chi connectivity index (χ3v) is 2.80. The van der Waals surface area contributed by atoms with Crippen molar-refractivity contribution in [3.63, 3.8) is 0 Å². The Labute approximate surface area is 91.1 Å². The number of carboxylic acid groups (broad SMARTS) is 1. The van der Waals surface area contributed by atoms with Gasteiger partial charge in [-0.3, -0.25) is 4.68 Å². The van der Waals surface area contributed by atoms with Crippen LogP contribution in [-0.4, -0.2) is 20.9 Å². The maximum atomic E-state index is 10.9. The SMILES string of the molecule is CCCC(C(=O)O)n1cc(Br)c(C)n1. The van der Waals surface area contributed by atoms with E-state index >= 15 is 0 Å². The fraction of sp³-hybridized carbons (Fsp3) is 0.556. The molecular weight excluding hydrogens is 248 g/mol. The van der Waals surface area contributed by atoms with E-state index in [1.165, 1.54) is 4.68 Å². The number of aromatic nitrogens is 2. The summed E-state index contributed by atoms with van der Waals surface area (Å²) < 4.78 is 2.35. The van der Waals surface area contributed by atoms with Crippen LogP contribution in [0.4, 0.5) is 0 Å². The number of hydrogen-bond acceptors (Lipinski definition) is 2. The zero-order chi connectivity index (χ0) is 10.7. The van der Waals surface area contributed by atoms with Crippen LogP contribution >= 0.6 is 15.9 Å². The standard InChI is InChI=1S/C9H13BrN2O2/c1-3-4-8(9(13)14)12-5-7(10)6(2)11-12/h5,8H,3-4H2,1-2H3,(H,13,14). The summed E-state index contributed by atoms with van der Waals surface area (Å²) in [4.78, 5) is 10.9. The van der Waals surface area contributed by atoms with Gasteiger partial charge in [0, 0.05) is 6.20 Å². The molecule has 0 fully saturated rings. The molecule has 4 nitrogen and oxygen atoms in total. The van der Waals surface area contributed by atoms with Crippen molar-refractivity contribution < 1.29 is 9.90 Å². The lowest BCUT2D eigenvalue weighted by Gasteiger charge is -2.10. The Morgan fingerprint density at radius 2 is 2.43 bits per heavy atom. The lowest BCUT2D eigenvalue weighted by Crippen LogP contribution is -2.19. The highest BCUT2D eigenvalue weighted by Crippen LogP contribution is 2.19. The van der Waals surface area contributed by atoms with Crippen LogP contribution in [0.2, 0.25) is 0 Å². The highest BCUT2D eigenvalue weighted by molar-refractivity contribution is 9.10. The van der Waals surface area contributed by atoms with Gasteiger partial charge in [0.2, 0.25) is 0 Å². The van der Waals surface area contributed by atoms with Gasteiger partial charge in [0.15, 0.2) is 0 Å². The fourth-order valence-corrected chi connectivity index (χ4v) is 1.55. The summed E-state index contributed by atoms with van der Waals surface area (Å²) in [5, 5.41) is 13.1. The molecule has 1 N–H and O–H groups in total. The van der Waals surface area contributed by atoms with Crippen molar-refractivity contribution in [1.82, 2.24) is 9.78 Å². The van der Waals surface area contributed by atoms with Crippen molar-refractivity contribution >= 4 is 21.9 Å². The van der Waals surface area contributed by atoms with Crippen molar-refractivity contribution in [2.75, 3.05) is 0 Å². The lowest BCUT2D eigenvalue weighted by atomic mass is 10.2. The number of halogens is 1. The molecule has 0 amide bonds. The summed E-state index contributed by atoms with van der Waals surface area (Å²) >= 11 is 3.31. The van der Waals surface area contributed by atoms with Gasteiger partial charge in [0.1, 0.15) is 6.04 Å². The van der Waals surface area contributed by atoms with Crippen molar-refractivity contribution in [2.24, 2.45) is 0 Å². The normalized spacial score (nSPS) is 12.8. The first-order valence-corrected chi connectivity index (χ1v) is 5.29. The second-order valence-electron chi connectivity index (χ2n) is 3.19. The van der Waals surface area contributed by atoms with Crippen LogP contribution in [0.25, 0.3) is 0 Å². The number of nitrogens with zero attached hydrogens (tertiary/aromatic N) is 2. The zero-order valence-corrected chi connectivity index (χ0v) is 9.78. The topological polar surface area (TPSA) is 55.1 Å². The zero-order valence-electron chi connectivity index (χ0n) is 8.20. The summed E-state index contributed by atoms with van der Waals surface area (Å²) in [6, 6.07) is -0.551.